The van der Waals surface area contributed by atoms with Gasteiger partial charge in [-0.2, -0.15) is 0 Å². The fourth-order valence-corrected chi connectivity index (χ4v) is 4.03. The molecule has 4 aliphatic rings. The minimum absolute atomic E-state index is 0.0186. The molecule has 4 heterocycles. The number of amides is 1. The van der Waals surface area contributed by atoms with Crippen molar-refractivity contribution in [2.75, 3.05) is 23.7 Å². The van der Waals surface area contributed by atoms with Crippen molar-refractivity contribution in [3.63, 3.8) is 0 Å². The molecule has 0 aliphatic carbocycles. The number of fused-ring (bicyclic) bond motifs is 2. The van der Waals surface area contributed by atoms with Gasteiger partial charge in [-0.3, -0.25) is 9.79 Å². The molecule has 1 saturated heterocycles. The van der Waals surface area contributed by atoms with Gasteiger partial charge < -0.3 is 10.6 Å². The van der Waals surface area contributed by atoms with Crippen molar-refractivity contribution in [1.82, 2.24) is 5.01 Å². The van der Waals surface area contributed by atoms with Crippen molar-refractivity contribution in [2.24, 2.45) is 15.1 Å². The smallest absolute Gasteiger partial charge is 0.301 e. The summed E-state index contributed by atoms with van der Waals surface area (Å²) < 4.78 is 0.251. The van der Waals surface area contributed by atoms with Crippen molar-refractivity contribution in [3.05, 3.63) is 36.2 Å². The zero-order valence-corrected chi connectivity index (χ0v) is 15.4. The minimum atomic E-state index is -0.508. The second-order valence-electron chi connectivity index (χ2n) is 7.74. The van der Waals surface area contributed by atoms with Crippen LogP contribution in [0.3, 0.4) is 0 Å². The number of carbonyl (C=O) groups is 1. The van der Waals surface area contributed by atoms with Crippen LogP contribution < -0.4 is 10.6 Å². The van der Waals surface area contributed by atoms with Crippen LogP contribution in [0.5, 0.6) is 0 Å². The van der Waals surface area contributed by atoms with Crippen molar-refractivity contribution in [3.8, 4) is 0 Å². The molecule has 1 fully saturated rings. The van der Waals surface area contributed by atoms with Gasteiger partial charge in [-0.15, -0.1) is 10.0 Å². The lowest BCUT2D eigenvalue weighted by Gasteiger charge is -2.31. The first kappa shape index (κ1) is 16.3. The molecule has 1 aromatic rings. The summed E-state index contributed by atoms with van der Waals surface area (Å²) in [5.74, 6) is 1.35. The molecule has 1 aromatic carbocycles. The summed E-state index contributed by atoms with van der Waals surface area (Å²) in [4.78, 5) is 21.0. The first-order valence-electron chi connectivity index (χ1n) is 9.27. The van der Waals surface area contributed by atoms with E-state index in [4.69, 9.17) is 5.10 Å². The molecule has 1 unspecified atom stereocenters. The van der Waals surface area contributed by atoms with E-state index in [0.717, 1.165) is 48.7 Å². The molecular weight excluding hydrogens is 342 g/mol. The summed E-state index contributed by atoms with van der Waals surface area (Å²) in [7, 11) is 0. The molecule has 0 aromatic heterocycles. The number of amidine groups is 1. The molecule has 0 bridgehead atoms. The third-order valence-electron chi connectivity index (χ3n) is 5.63. The summed E-state index contributed by atoms with van der Waals surface area (Å²) in [6.07, 6.45) is 7.83. The summed E-state index contributed by atoms with van der Waals surface area (Å²) in [5, 5.41) is 13.4. The number of hydrogen-bond donors (Lipinski definition) is 2. The molecule has 5 rings (SSSR count). The van der Waals surface area contributed by atoms with Gasteiger partial charge in [-0.05, 0) is 54.2 Å². The lowest BCUT2D eigenvalue weighted by atomic mass is 9.86. The summed E-state index contributed by atoms with van der Waals surface area (Å²) in [6, 6.07) is 5.88. The van der Waals surface area contributed by atoms with E-state index in [1.54, 1.807) is 12.4 Å². The molecule has 0 radical (unpaired) electrons. The highest BCUT2D eigenvalue weighted by Crippen LogP contribution is 2.38. The monoisotopic (exact) mass is 364 g/mol. The van der Waals surface area contributed by atoms with Gasteiger partial charge in [-0.25, -0.2) is 0 Å². The maximum atomic E-state index is 12.2. The van der Waals surface area contributed by atoms with Crippen LogP contribution in [0.1, 0.15) is 32.3 Å². The Bertz CT molecular complexity index is 953. The number of guanidine groups is 1. The maximum absolute atomic E-state index is 12.2. The largest absolute Gasteiger partial charge is 0.325 e. The SMILES string of the molecule is CC1(C)C(=O)Nc2cc(NC3=N[N+]4(N5CCCC5)C=CN=CC4=N3)ccc21. The Balaban J connectivity index is 1.45. The first-order valence-corrected chi connectivity index (χ1v) is 9.27. The fourth-order valence-electron chi connectivity index (χ4n) is 4.03. The topological polar surface area (TPSA) is 81.5 Å². The zero-order chi connectivity index (χ0) is 18.6. The average Bonchev–Trinajstić information content (AvgIpc) is 3.33. The third kappa shape index (κ3) is 2.37. The van der Waals surface area contributed by atoms with Crippen LogP contribution in [0.2, 0.25) is 0 Å². The highest BCUT2D eigenvalue weighted by molar-refractivity contribution is 6.30. The molecule has 1 atom stereocenters. The molecule has 1 amide bonds. The quantitative estimate of drug-likeness (QED) is 0.791. The van der Waals surface area contributed by atoms with Crippen LogP contribution in [-0.2, 0) is 10.2 Å². The van der Waals surface area contributed by atoms with Crippen LogP contribution in [-0.4, -0.2) is 46.7 Å². The zero-order valence-electron chi connectivity index (χ0n) is 15.4. The van der Waals surface area contributed by atoms with E-state index in [-0.39, 0.29) is 10.6 Å². The van der Waals surface area contributed by atoms with Gasteiger partial charge in [0.25, 0.3) is 5.96 Å². The van der Waals surface area contributed by atoms with E-state index in [0.29, 0.717) is 5.96 Å². The number of aliphatic imine (C=N–C) groups is 2. The first-order chi connectivity index (χ1) is 13.0. The van der Waals surface area contributed by atoms with Gasteiger partial charge in [0.05, 0.1) is 24.7 Å². The van der Waals surface area contributed by atoms with Gasteiger partial charge >= 0.3 is 5.84 Å². The maximum Gasteiger partial charge on any atom is 0.301 e. The Kier molecular flexibility index (Phi) is 3.38. The van der Waals surface area contributed by atoms with E-state index in [1.165, 1.54) is 0 Å². The summed E-state index contributed by atoms with van der Waals surface area (Å²) >= 11 is 0. The molecule has 8 heteroatoms. The predicted octanol–water partition coefficient (Wildman–Crippen LogP) is 2.39. The lowest BCUT2D eigenvalue weighted by molar-refractivity contribution is -0.915. The van der Waals surface area contributed by atoms with Crippen LogP contribution >= 0.6 is 0 Å². The molecule has 138 valence electrons. The Hall–Kier alpha value is -2.84. The fraction of sp³-hybridized carbons (Fsp3) is 0.368. The highest BCUT2D eigenvalue weighted by Gasteiger charge is 2.47. The van der Waals surface area contributed by atoms with Crippen molar-refractivity contribution in [1.29, 1.82) is 0 Å². The van der Waals surface area contributed by atoms with Crippen LogP contribution in [0, 0.1) is 0 Å². The Morgan fingerprint density at radius 1 is 1.26 bits per heavy atom. The van der Waals surface area contributed by atoms with E-state index < -0.39 is 5.41 Å². The van der Waals surface area contributed by atoms with Crippen molar-refractivity contribution >= 4 is 35.3 Å². The average molecular weight is 364 g/mol. The van der Waals surface area contributed by atoms with Gasteiger partial charge in [0.15, 0.2) is 6.20 Å². The molecule has 0 saturated carbocycles. The molecule has 0 spiro atoms. The second kappa shape index (κ2) is 5.58. The van der Waals surface area contributed by atoms with Crippen molar-refractivity contribution < 1.29 is 9.50 Å². The second-order valence-corrected chi connectivity index (χ2v) is 7.74. The van der Waals surface area contributed by atoms with Crippen LogP contribution in [0.4, 0.5) is 11.4 Å². The predicted molar refractivity (Wildman–Crippen MR) is 105 cm³/mol. The number of rotatable bonds is 2. The number of quaternary nitrogens is 1. The normalized spacial score (nSPS) is 27.9. The number of carbonyl (C=O) groups excluding carboxylic acids is 1. The lowest BCUT2D eigenvalue weighted by Crippen LogP contribution is -2.55. The van der Waals surface area contributed by atoms with Gasteiger partial charge in [-0.1, -0.05) is 6.07 Å². The number of nitrogens with zero attached hydrogens (tertiary/aromatic N) is 5. The molecule has 8 nitrogen and oxygen atoms in total. The third-order valence-corrected chi connectivity index (χ3v) is 5.63. The Labute approximate surface area is 157 Å². The van der Waals surface area contributed by atoms with Crippen LogP contribution in [0.15, 0.2) is 45.7 Å². The van der Waals surface area contributed by atoms with E-state index in [1.807, 2.05) is 38.2 Å². The highest BCUT2D eigenvalue weighted by atomic mass is 16.2. The minimum Gasteiger partial charge on any atom is -0.325 e. The number of hydrogen-bond acceptors (Lipinski definition) is 6. The number of anilines is 2. The van der Waals surface area contributed by atoms with Crippen molar-refractivity contribution in [2.45, 2.75) is 32.1 Å². The number of nitrogens with one attached hydrogen (secondary N) is 2. The standard InChI is InChI=1S/C19H21N7O/c1-19(2)14-6-5-13(11-15(14)22-17(19)27)21-18-23-16-12-20-7-10-26(16,24-18)25-8-3-4-9-25/h5-7,10-12H,3-4,8-9H2,1-2H3,(H-,21,22,24,27)/p+1. The summed E-state index contributed by atoms with van der Waals surface area (Å²) in [6.45, 7) is 5.83. The van der Waals surface area contributed by atoms with E-state index in [2.05, 4.69) is 25.6 Å². The Morgan fingerprint density at radius 2 is 2.07 bits per heavy atom. The van der Waals surface area contributed by atoms with E-state index >= 15 is 0 Å². The summed E-state index contributed by atoms with van der Waals surface area (Å²) in [5.41, 5.74) is 2.18. The molecule has 2 N–H and O–H groups in total. The van der Waals surface area contributed by atoms with E-state index in [9.17, 15) is 4.79 Å². The van der Waals surface area contributed by atoms with Gasteiger partial charge in [0, 0.05) is 11.4 Å². The molecule has 4 aliphatic heterocycles. The molecule has 27 heavy (non-hydrogen) atoms. The number of benzene rings is 1. The molecular formula is C19H22N7O+. The van der Waals surface area contributed by atoms with Crippen LogP contribution in [0.25, 0.3) is 0 Å². The van der Waals surface area contributed by atoms with Gasteiger partial charge in [0.1, 0.15) is 6.21 Å². The Morgan fingerprint density at radius 3 is 2.89 bits per heavy atom. The van der Waals surface area contributed by atoms with Gasteiger partial charge in [0.2, 0.25) is 5.91 Å².